The summed E-state index contributed by atoms with van der Waals surface area (Å²) in [5.41, 5.74) is 7.14. The van der Waals surface area contributed by atoms with E-state index in [4.69, 9.17) is 28.9 Å². The number of hydrogen-bond donors (Lipinski definition) is 1. The molecule has 0 aliphatic carbocycles. The second-order valence-corrected chi connectivity index (χ2v) is 5.32. The largest absolute Gasteiger partial charge is 0.324 e. The summed E-state index contributed by atoms with van der Waals surface area (Å²) >= 11 is 12.0. The van der Waals surface area contributed by atoms with E-state index in [1.54, 1.807) is 6.07 Å². The normalized spacial score (nSPS) is 12.7. The number of halogens is 2. The summed E-state index contributed by atoms with van der Waals surface area (Å²) in [6.45, 7) is 2.22. The highest BCUT2D eigenvalue weighted by Gasteiger charge is 2.09. The zero-order valence-electron chi connectivity index (χ0n) is 10.4. The highest BCUT2D eigenvalue weighted by molar-refractivity contribution is 6.35. The Balaban J connectivity index is 2.38. The molecule has 1 unspecified atom stereocenters. The molecule has 1 atom stereocenters. The topological polar surface area (TPSA) is 26.0 Å². The van der Waals surface area contributed by atoms with Gasteiger partial charge in [0.15, 0.2) is 0 Å². The molecule has 1 nitrogen and oxygen atoms in total. The van der Waals surface area contributed by atoms with Crippen LogP contribution in [0, 0.1) is 0 Å². The molecule has 0 bridgehead atoms. The minimum Gasteiger partial charge on any atom is -0.324 e. The summed E-state index contributed by atoms with van der Waals surface area (Å²) in [5, 5.41) is 1.34. The SMILES string of the molecule is CCCCCCCC(N)c1ccc(Cl)cc1Cl. The molecule has 1 rings (SSSR count). The molecule has 0 saturated heterocycles. The van der Waals surface area contributed by atoms with Crippen molar-refractivity contribution in [3.8, 4) is 0 Å². The molecule has 0 spiro atoms. The number of rotatable bonds is 7. The van der Waals surface area contributed by atoms with Crippen molar-refractivity contribution < 1.29 is 0 Å². The van der Waals surface area contributed by atoms with E-state index in [0.29, 0.717) is 10.0 Å². The molecule has 1 aromatic rings. The van der Waals surface area contributed by atoms with Crippen molar-refractivity contribution in [1.29, 1.82) is 0 Å². The van der Waals surface area contributed by atoms with E-state index in [1.807, 2.05) is 12.1 Å². The summed E-state index contributed by atoms with van der Waals surface area (Å²) < 4.78 is 0. The molecular weight excluding hydrogens is 253 g/mol. The summed E-state index contributed by atoms with van der Waals surface area (Å²) in [6, 6.07) is 5.57. The Morgan fingerprint density at radius 3 is 2.47 bits per heavy atom. The molecule has 17 heavy (non-hydrogen) atoms. The Morgan fingerprint density at radius 1 is 1.12 bits per heavy atom. The molecule has 0 radical (unpaired) electrons. The van der Waals surface area contributed by atoms with Crippen LogP contribution < -0.4 is 5.73 Å². The fraction of sp³-hybridized carbons (Fsp3) is 0.571. The third-order valence-corrected chi connectivity index (χ3v) is 3.54. The minimum absolute atomic E-state index is 0.0291. The first-order valence-corrected chi connectivity index (χ1v) is 7.11. The van der Waals surface area contributed by atoms with Gasteiger partial charge in [0.1, 0.15) is 0 Å². The molecule has 0 amide bonds. The zero-order valence-corrected chi connectivity index (χ0v) is 11.9. The molecule has 0 fully saturated rings. The van der Waals surface area contributed by atoms with E-state index in [9.17, 15) is 0 Å². The first kappa shape index (κ1) is 14.8. The van der Waals surface area contributed by atoms with Gasteiger partial charge in [0.25, 0.3) is 0 Å². The Kier molecular flexibility index (Phi) is 6.94. The summed E-state index contributed by atoms with van der Waals surface area (Å²) in [4.78, 5) is 0. The Hall–Kier alpha value is -0.240. The standard InChI is InChI=1S/C14H21Cl2N/c1-2-3-4-5-6-7-14(17)12-9-8-11(15)10-13(12)16/h8-10,14H,2-7,17H2,1H3. The molecule has 0 saturated carbocycles. The van der Waals surface area contributed by atoms with Crippen LogP contribution in [0.5, 0.6) is 0 Å². The van der Waals surface area contributed by atoms with Crippen LogP contribution in [0.2, 0.25) is 10.0 Å². The van der Waals surface area contributed by atoms with Crippen molar-refractivity contribution in [3.63, 3.8) is 0 Å². The molecule has 96 valence electrons. The van der Waals surface area contributed by atoms with Crippen LogP contribution >= 0.6 is 23.2 Å². The van der Waals surface area contributed by atoms with Gasteiger partial charge < -0.3 is 5.73 Å². The highest BCUT2D eigenvalue weighted by atomic mass is 35.5. The minimum atomic E-state index is 0.0291. The lowest BCUT2D eigenvalue weighted by molar-refractivity contribution is 0.555. The lowest BCUT2D eigenvalue weighted by Gasteiger charge is -2.13. The van der Waals surface area contributed by atoms with E-state index in [2.05, 4.69) is 6.92 Å². The highest BCUT2D eigenvalue weighted by Crippen LogP contribution is 2.27. The maximum Gasteiger partial charge on any atom is 0.0468 e. The number of benzene rings is 1. The smallest absolute Gasteiger partial charge is 0.0468 e. The Morgan fingerprint density at radius 2 is 1.82 bits per heavy atom. The zero-order chi connectivity index (χ0) is 12.7. The summed E-state index contributed by atoms with van der Waals surface area (Å²) in [5.74, 6) is 0. The van der Waals surface area contributed by atoms with E-state index >= 15 is 0 Å². The van der Waals surface area contributed by atoms with Crippen molar-refractivity contribution >= 4 is 23.2 Å². The molecule has 0 aliphatic rings. The van der Waals surface area contributed by atoms with E-state index < -0.39 is 0 Å². The van der Waals surface area contributed by atoms with Crippen molar-refractivity contribution in [2.45, 2.75) is 51.5 Å². The number of nitrogens with two attached hydrogens (primary N) is 1. The van der Waals surface area contributed by atoms with Crippen LogP contribution in [0.1, 0.15) is 57.1 Å². The lowest BCUT2D eigenvalue weighted by Crippen LogP contribution is -2.10. The molecule has 1 aromatic carbocycles. The summed E-state index contributed by atoms with van der Waals surface area (Å²) in [7, 11) is 0. The van der Waals surface area contributed by atoms with Crippen LogP contribution in [-0.2, 0) is 0 Å². The Labute approximate surface area is 114 Å². The number of hydrogen-bond acceptors (Lipinski definition) is 1. The van der Waals surface area contributed by atoms with Gasteiger partial charge in [-0.15, -0.1) is 0 Å². The molecule has 0 aliphatic heterocycles. The predicted molar refractivity (Wildman–Crippen MR) is 76.8 cm³/mol. The third-order valence-electron chi connectivity index (χ3n) is 2.98. The van der Waals surface area contributed by atoms with Gasteiger partial charge in [-0.05, 0) is 24.1 Å². The quantitative estimate of drug-likeness (QED) is 0.666. The maximum absolute atomic E-state index is 6.13. The second kappa shape index (κ2) is 7.97. The van der Waals surface area contributed by atoms with Crippen molar-refractivity contribution in [2.75, 3.05) is 0 Å². The van der Waals surface area contributed by atoms with E-state index in [1.165, 1.54) is 32.1 Å². The van der Waals surface area contributed by atoms with Gasteiger partial charge in [0, 0.05) is 16.1 Å². The second-order valence-electron chi connectivity index (χ2n) is 4.48. The van der Waals surface area contributed by atoms with Gasteiger partial charge in [-0.3, -0.25) is 0 Å². The van der Waals surface area contributed by atoms with Gasteiger partial charge >= 0.3 is 0 Å². The first-order valence-electron chi connectivity index (χ1n) is 6.35. The first-order chi connectivity index (χ1) is 8.15. The molecule has 2 N–H and O–H groups in total. The maximum atomic E-state index is 6.13. The van der Waals surface area contributed by atoms with Crippen LogP contribution in [0.4, 0.5) is 0 Å². The lowest BCUT2D eigenvalue weighted by atomic mass is 10.0. The van der Waals surface area contributed by atoms with Gasteiger partial charge in [0.2, 0.25) is 0 Å². The Bertz CT molecular complexity index is 339. The molecule has 0 aromatic heterocycles. The molecular formula is C14H21Cl2N. The fourth-order valence-corrected chi connectivity index (χ4v) is 2.47. The predicted octanol–water partition coefficient (Wildman–Crippen LogP) is 5.35. The third kappa shape index (κ3) is 5.29. The van der Waals surface area contributed by atoms with E-state index in [-0.39, 0.29) is 6.04 Å². The monoisotopic (exact) mass is 273 g/mol. The van der Waals surface area contributed by atoms with Crippen LogP contribution in [0.15, 0.2) is 18.2 Å². The van der Waals surface area contributed by atoms with Crippen molar-refractivity contribution in [3.05, 3.63) is 33.8 Å². The number of unbranched alkanes of at least 4 members (excludes halogenated alkanes) is 4. The van der Waals surface area contributed by atoms with Gasteiger partial charge in [-0.1, -0.05) is 68.3 Å². The fourth-order valence-electron chi connectivity index (χ4n) is 1.93. The van der Waals surface area contributed by atoms with Gasteiger partial charge in [0.05, 0.1) is 0 Å². The van der Waals surface area contributed by atoms with Gasteiger partial charge in [-0.25, -0.2) is 0 Å². The average Bonchev–Trinajstić information content (AvgIpc) is 2.28. The van der Waals surface area contributed by atoms with Crippen molar-refractivity contribution in [2.24, 2.45) is 5.73 Å². The molecule has 3 heteroatoms. The van der Waals surface area contributed by atoms with E-state index in [0.717, 1.165) is 12.0 Å². The average molecular weight is 274 g/mol. The van der Waals surface area contributed by atoms with Crippen molar-refractivity contribution in [1.82, 2.24) is 0 Å². The van der Waals surface area contributed by atoms with Gasteiger partial charge in [-0.2, -0.15) is 0 Å². The van der Waals surface area contributed by atoms with Crippen LogP contribution in [0.25, 0.3) is 0 Å². The summed E-state index contributed by atoms with van der Waals surface area (Å²) in [6.07, 6.45) is 7.31. The van der Waals surface area contributed by atoms with Crippen LogP contribution in [-0.4, -0.2) is 0 Å². The molecule has 0 heterocycles. The van der Waals surface area contributed by atoms with Crippen LogP contribution in [0.3, 0.4) is 0 Å².